The van der Waals surface area contributed by atoms with E-state index in [-0.39, 0.29) is 0 Å². The molecule has 1 aromatic rings. The summed E-state index contributed by atoms with van der Waals surface area (Å²) in [6, 6.07) is 0.322. The standard InChI is InChI=1S/C10H18N4OS/c1-7(2)14-10(11-12-13-14)6-16-9-4-5-15-8(9)3/h7-9H,4-6H2,1-3H3/t8-,9+/m0/s1. The van der Waals surface area contributed by atoms with Crippen molar-refractivity contribution in [3.63, 3.8) is 0 Å². The molecule has 6 heteroatoms. The molecular formula is C10H18N4OS. The number of hydrogen-bond acceptors (Lipinski definition) is 5. The third-order valence-corrected chi connectivity index (χ3v) is 4.26. The van der Waals surface area contributed by atoms with Crippen molar-refractivity contribution in [2.24, 2.45) is 0 Å². The van der Waals surface area contributed by atoms with Gasteiger partial charge in [-0.05, 0) is 37.6 Å². The first kappa shape index (κ1) is 11.9. The van der Waals surface area contributed by atoms with E-state index in [4.69, 9.17) is 4.74 Å². The predicted molar refractivity (Wildman–Crippen MR) is 63.3 cm³/mol. The molecule has 0 amide bonds. The fourth-order valence-corrected chi connectivity index (χ4v) is 2.99. The summed E-state index contributed by atoms with van der Waals surface area (Å²) < 4.78 is 7.42. The second-order valence-electron chi connectivity index (χ2n) is 4.35. The Bertz CT molecular complexity index is 341. The van der Waals surface area contributed by atoms with E-state index in [2.05, 4.69) is 36.3 Å². The van der Waals surface area contributed by atoms with Crippen LogP contribution in [0.1, 0.15) is 39.1 Å². The van der Waals surface area contributed by atoms with Crippen LogP contribution < -0.4 is 0 Å². The van der Waals surface area contributed by atoms with E-state index in [0.29, 0.717) is 17.4 Å². The van der Waals surface area contributed by atoms with Crippen molar-refractivity contribution >= 4 is 11.8 Å². The Balaban J connectivity index is 1.91. The highest BCUT2D eigenvalue weighted by molar-refractivity contribution is 7.99. The van der Waals surface area contributed by atoms with Crippen molar-refractivity contribution in [2.45, 2.75) is 50.3 Å². The highest BCUT2D eigenvalue weighted by Crippen LogP contribution is 2.28. The smallest absolute Gasteiger partial charge is 0.161 e. The third kappa shape index (κ3) is 2.55. The topological polar surface area (TPSA) is 52.8 Å². The summed E-state index contributed by atoms with van der Waals surface area (Å²) in [5, 5.41) is 12.4. The first-order chi connectivity index (χ1) is 7.68. The van der Waals surface area contributed by atoms with Gasteiger partial charge in [-0.25, -0.2) is 4.68 Å². The van der Waals surface area contributed by atoms with E-state index in [0.717, 1.165) is 24.6 Å². The first-order valence-electron chi connectivity index (χ1n) is 5.68. The van der Waals surface area contributed by atoms with Crippen LogP contribution in [0.15, 0.2) is 0 Å². The molecule has 0 N–H and O–H groups in total. The highest BCUT2D eigenvalue weighted by Gasteiger charge is 2.25. The van der Waals surface area contributed by atoms with Crippen molar-refractivity contribution in [2.75, 3.05) is 6.61 Å². The number of thioether (sulfide) groups is 1. The van der Waals surface area contributed by atoms with Gasteiger partial charge in [-0.1, -0.05) is 0 Å². The Kier molecular flexibility index (Phi) is 3.81. The summed E-state index contributed by atoms with van der Waals surface area (Å²) >= 11 is 1.89. The van der Waals surface area contributed by atoms with Gasteiger partial charge in [0.25, 0.3) is 0 Å². The van der Waals surface area contributed by atoms with Crippen LogP contribution in [0.2, 0.25) is 0 Å². The van der Waals surface area contributed by atoms with E-state index in [9.17, 15) is 0 Å². The zero-order valence-electron chi connectivity index (χ0n) is 9.96. The van der Waals surface area contributed by atoms with E-state index in [1.165, 1.54) is 0 Å². The summed E-state index contributed by atoms with van der Waals surface area (Å²) in [6.07, 6.45) is 1.49. The summed E-state index contributed by atoms with van der Waals surface area (Å²) in [6.45, 7) is 7.20. The van der Waals surface area contributed by atoms with Gasteiger partial charge in [0.2, 0.25) is 0 Å². The first-order valence-corrected chi connectivity index (χ1v) is 6.73. The van der Waals surface area contributed by atoms with Crippen LogP contribution in [0, 0.1) is 0 Å². The third-order valence-electron chi connectivity index (χ3n) is 2.78. The Morgan fingerprint density at radius 2 is 2.38 bits per heavy atom. The number of rotatable bonds is 4. The van der Waals surface area contributed by atoms with Gasteiger partial charge in [0.15, 0.2) is 5.82 Å². The lowest BCUT2D eigenvalue weighted by molar-refractivity contribution is 0.127. The fourth-order valence-electron chi connectivity index (χ4n) is 1.82. The van der Waals surface area contributed by atoms with Crippen LogP contribution in [-0.2, 0) is 10.5 Å². The number of nitrogens with zero attached hydrogens (tertiary/aromatic N) is 4. The lowest BCUT2D eigenvalue weighted by Gasteiger charge is -2.13. The lowest BCUT2D eigenvalue weighted by atomic mass is 10.3. The molecule has 1 fully saturated rings. The van der Waals surface area contributed by atoms with Gasteiger partial charge < -0.3 is 4.74 Å². The van der Waals surface area contributed by atoms with Crippen LogP contribution in [0.3, 0.4) is 0 Å². The Morgan fingerprint density at radius 3 is 3.00 bits per heavy atom. The molecule has 90 valence electrons. The van der Waals surface area contributed by atoms with Crippen molar-refractivity contribution in [3.05, 3.63) is 5.82 Å². The molecule has 1 aliphatic heterocycles. The molecule has 16 heavy (non-hydrogen) atoms. The van der Waals surface area contributed by atoms with Crippen LogP contribution >= 0.6 is 11.8 Å². The Hall–Kier alpha value is -0.620. The van der Waals surface area contributed by atoms with E-state index >= 15 is 0 Å². The van der Waals surface area contributed by atoms with Crippen molar-refractivity contribution in [1.82, 2.24) is 20.2 Å². The van der Waals surface area contributed by atoms with Crippen molar-refractivity contribution in [1.29, 1.82) is 0 Å². The molecule has 2 rings (SSSR count). The quantitative estimate of drug-likeness (QED) is 0.804. The van der Waals surface area contributed by atoms with Gasteiger partial charge in [0, 0.05) is 11.9 Å². The van der Waals surface area contributed by atoms with Gasteiger partial charge in [-0.3, -0.25) is 0 Å². The summed E-state index contributed by atoms with van der Waals surface area (Å²) in [5.41, 5.74) is 0. The van der Waals surface area contributed by atoms with Gasteiger partial charge in [-0.15, -0.1) is 16.9 Å². The van der Waals surface area contributed by atoms with E-state index in [1.54, 1.807) is 0 Å². The molecule has 0 spiro atoms. The summed E-state index contributed by atoms with van der Waals surface area (Å²) in [4.78, 5) is 0. The second kappa shape index (κ2) is 5.14. The van der Waals surface area contributed by atoms with E-state index in [1.807, 2.05) is 16.4 Å². The fraction of sp³-hybridized carbons (Fsp3) is 0.900. The van der Waals surface area contributed by atoms with Gasteiger partial charge in [-0.2, -0.15) is 0 Å². The molecule has 1 aliphatic rings. The molecule has 0 aromatic carbocycles. The van der Waals surface area contributed by atoms with Gasteiger partial charge in [0.1, 0.15) is 0 Å². The van der Waals surface area contributed by atoms with Crippen LogP contribution in [-0.4, -0.2) is 38.2 Å². The largest absolute Gasteiger partial charge is 0.377 e. The molecule has 1 aromatic heterocycles. The number of aromatic nitrogens is 4. The highest BCUT2D eigenvalue weighted by atomic mass is 32.2. The number of tetrazole rings is 1. The summed E-state index contributed by atoms with van der Waals surface area (Å²) in [7, 11) is 0. The molecule has 5 nitrogen and oxygen atoms in total. The molecule has 0 bridgehead atoms. The zero-order valence-corrected chi connectivity index (χ0v) is 10.8. The van der Waals surface area contributed by atoms with E-state index < -0.39 is 0 Å². The Labute approximate surface area is 99.9 Å². The maximum absolute atomic E-state index is 5.53. The molecule has 2 atom stereocenters. The SMILES string of the molecule is CC(C)n1nnnc1CS[C@@H]1CCO[C@H]1C. The van der Waals surface area contributed by atoms with Gasteiger partial charge in [0.05, 0.1) is 17.9 Å². The lowest BCUT2D eigenvalue weighted by Crippen LogP contribution is -2.15. The average molecular weight is 242 g/mol. The molecule has 1 saturated heterocycles. The number of hydrogen-bond donors (Lipinski definition) is 0. The molecule has 0 saturated carbocycles. The maximum atomic E-state index is 5.53. The van der Waals surface area contributed by atoms with Crippen LogP contribution in [0.25, 0.3) is 0 Å². The van der Waals surface area contributed by atoms with Crippen LogP contribution in [0.5, 0.6) is 0 Å². The van der Waals surface area contributed by atoms with Crippen molar-refractivity contribution < 1.29 is 4.74 Å². The minimum absolute atomic E-state index is 0.322. The van der Waals surface area contributed by atoms with Crippen molar-refractivity contribution in [3.8, 4) is 0 Å². The number of ether oxygens (including phenoxy) is 1. The molecule has 0 aliphatic carbocycles. The molecule has 0 radical (unpaired) electrons. The minimum atomic E-state index is 0.322. The molecule has 0 unspecified atom stereocenters. The normalized spacial score (nSPS) is 25.5. The van der Waals surface area contributed by atoms with Gasteiger partial charge >= 0.3 is 0 Å². The molecular weight excluding hydrogens is 224 g/mol. The Morgan fingerprint density at radius 1 is 1.56 bits per heavy atom. The minimum Gasteiger partial charge on any atom is -0.377 e. The second-order valence-corrected chi connectivity index (χ2v) is 5.57. The van der Waals surface area contributed by atoms with Crippen LogP contribution in [0.4, 0.5) is 0 Å². The zero-order chi connectivity index (χ0) is 11.5. The molecule has 2 heterocycles. The average Bonchev–Trinajstić information content (AvgIpc) is 2.83. The predicted octanol–water partition coefficient (Wildman–Crippen LogP) is 1.66. The maximum Gasteiger partial charge on any atom is 0.161 e. The summed E-state index contributed by atoms with van der Waals surface area (Å²) in [5.74, 6) is 1.82. The monoisotopic (exact) mass is 242 g/mol.